The average Bonchev–Trinajstić information content (AvgIpc) is 2.45. The molecule has 4 heteroatoms. The summed E-state index contributed by atoms with van der Waals surface area (Å²) in [5, 5.41) is 31.2. The molecule has 1 rings (SSSR count). The van der Waals surface area contributed by atoms with E-state index in [-0.39, 0.29) is 28.0 Å². The lowest BCUT2D eigenvalue weighted by atomic mass is 9.91. The maximum Gasteiger partial charge on any atom is 0.144 e. The summed E-state index contributed by atoms with van der Waals surface area (Å²) in [5.41, 5.74) is 2.35. The van der Waals surface area contributed by atoms with E-state index >= 15 is 0 Å². The average molecular weight is 339 g/mol. The minimum Gasteiger partial charge on any atom is -0.507 e. The van der Waals surface area contributed by atoms with Gasteiger partial charge in [0.1, 0.15) is 11.5 Å². The first-order valence-electron chi connectivity index (χ1n) is 7.88. The lowest BCUT2D eigenvalue weighted by molar-refractivity contribution is 0.139. The van der Waals surface area contributed by atoms with Gasteiger partial charge in [-0.3, -0.25) is 0 Å². The lowest BCUT2D eigenvalue weighted by Gasteiger charge is -2.21. The van der Waals surface area contributed by atoms with Crippen molar-refractivity contribution >= 4 is 17.7 Å². The number of allylic oxidation sites excluding steroid dienone is 2. The first kappa shape index (κ1) is 19.6. The standard InChI is InChI=1S/C19H27ClO3/c1-6-14-13(5)17(20)19(23)16(18(14)22)15(21)10-12(4)9-7-8-11(2)3/h6,8,12,15,21-23H,1,7,9-10H2,2-5H3. The zero-order valence-corrected chi connectivity index (χ0v) is 15.1. The van der Waals surface area contributed by atoms with Gasteiger partial charge in [0.25, 0.3) is 0 Å². The molecule has 23 heavy (non-hydrogen) atoms. The van der Waals surface area contributed by atoms with E-state index in [4.69, 9.17) is 11.6 Å². The van der Waals surface area contributed by atoms with Crippen molar-refractivity contribution in [1.82, 2.24) is 0 Å². The first-order chi connectivity index (χ1) is 10.7. The van der Waals surface area contributed by atoms with Gasteiger partial charge in [0.05, 0.1) is 16.7 Å². The van der Waals surface area contributed by atoms with Gasteiger partial charge in [0.15, 0.2) is 0 Å². The van der Waals surface area contributed by atoms with Crippen molar-refractivity contribution in [1.29, 1.82) is 0 Å². The molecule has 0 saturated heterocycles. The van der Waals surface area contributed by atoms with Crippen LogP contribution in [-0.2, 0) is 0 Å². The third kappa shape index (κ3) is 4.76. The summed E-state index contributed by atoms with van der Waals surface area (Å²) in [6, 6.07) is 0. The minimum absolute atomic E-state index is 0.0876. The second-order valence-electron chi connectivity index (χ2n) is 6.38. The highest BCUT2D eigenvalue weighted by molar-refractivity contribution is 6.33. The van der Waals surface area contributed by atoms with Crippen LogP contribution in [-0.4, -0.2) is 15.3 Å². The zero-order chi connectivity index (χ0) is 17.7. The van der Waals surface area contributed by atoms with Crippen molar-refractivity contribution in [2.24, 2.45) is 5.92 Å². The first-order valence-corrected chi connectivity index (χ1v) is 8.26. The Morgan fingerprint density at radius 3 is 2.39 bits per heavy atom. The van der Waals surface area contributed by atoms with Gasteiger partial charge in [-0.1, -0.05) is 42.8 Å². The second kappa shape index (κ2) is 8.42. The van der Waals surface area contributed by atoms with E-state index in [1.807, 2.05) is 6.92 Å². The summed E-state index contributed by atoms with van der Waals surface area (Å²) in [6.45, 7) is 11.5. The molecular weight excluding hydrogens is 312 g/mol. The quantitative estimate of drug-likeness (QED) is 0.574. The van der Waals surface area contributed by atoms with Crippen LogP contribution < -0.4 is 0 Å². The summed E-state index contributed by atoms with van der Waals surface area (Å²) >= 11 is 6.11. The number of aliphatic hydroxyl groups is 1. The summed E-state index contributed by atoms with van der Waals surface area (Å²) in [7, 11) is 0. The number of phenolic OH excluding ortho intramolecular Hbond substituents is 2. The van der Waals surface area contributed by atoms with Gasteiger partial charge in [-0.15, -0.1) is 0 Å². The van der Waals surface area contributed by atoms with E-state index in [2.05, 4.69) is 26.5 Å². The van der Waals surface area contributed by atoms with Crippen LogP contribution in [0.15, 0.2) is 18.2 Å². The van der Waals surface area contributed by atoms with Crippen molar-refractivity contribution < 1.29 is 15.3 Å². The van der Waals surface area contributed by atoms with Gasteiger partial charge in [-0.05, 0) is 51.5 Å². The predicted octanol–water partition coefficient (Wildman–Crippen LogP) is 5.51. The van der Waals surface area contributed by atoms with Gasteiger partial charge < -0.3 is 15.3 Å². The second-order valence-corrected chi connectivity index (χ2v) is 6.76. The van der Waals surface area contributed by atoms with Gasteiger partial charge in [0.2, 0.25) is 0 Å². The maximum absolute atomic E-state index is 10.5. The van der Waals surface area contributed by atoms with E-state index in [1.54, 1.807) is 6.92 Å². The Balaban J connectivity index is 3.00. The van der Waals surface area contributed by atoms with Crippen LogP contribution in [0.25, 0.3) is 6.08 Å². The Bertz CT molecular complexity index is 601. The van der Waals surface area contributed by atoms with Crippen LogP contribution in [0, 0.1) is 12.8 Å². The molecule has 0 saturated carbocycles. The normalized spacial score (nSPS) is 13.5. The van der Waals surface area contributed by atoms with Crippen LogP contribution in [0.1, 0.15) is 62.8 Å². The van der Waals surface area contributed by atoms with Crippen LogP contribution in [0.5, 0.6) is 11.5 Å². The number of halogens is 1. The van der Waals surface area contributed by atoms with E-state index < -0.39 is 6.10 Å². The molecular formula is C19H27ClO3. The summed E-state index contributed by atoms with van der Waals surface area (Å²) in [6.07, 6.45) is 4.97. The van der Waals surface area contributed by atoms with Crippen molar-refractivity contribution in [3.8, 4) is 11.5 Å². The predicted molar refractivity (Wildman–Crippen MR) is 97.0 cm³/mol. The molecule has 0 spiro atoms. The Morgan fingerprint density at radius 1 is 1.26 bits per heavy atom. The molecule has 0 aliphatic rings. The zero-order valence-electron chi connectivity index (χ0n) is 14.4. The van der Waals surface area contributed by atoms with Crippen molar-refractivity contribution in [3.05, 3.63) is 39.9 Å². The number of aliphatic hydroxyl groups excluding tert-OH is 1. The fourth-order valence-corrected chi connectivity index (χ4v) is 2.89. The van der Waals surface area contributed by atoms with Gasteiger partial charge in [-0.2, -0.15) is 0 Å². The van der Waals surface area contributed by atoms with Crippen LogP contribution in [0.4, 0.5) is 0 Å². The molecule has 3 N–H and O–H groups in total. The molecule has 0 heterocycles. The molecule has 0 aromatic heterocycles. The Morgan fingerprint density at radius 2 is 1.87 bits per heavy atom. The monoisotopic (exact) mass is 338 g/mol. The number of hydrogen-bond donors (Lipinski definition) is 3. The number of rotatable bonds is 7. The highest BCUT2D eigenvalue weighted by Crippen LogP contribution is 2.45. The molecule has 0 fully saturated rings. The van der Waals surface area contributed by atoms with E-state index in [9.17, 15) is 15.3 Å². The molecule has 1 aromatic rings. The van der Waals surface area contributed by atoms with E-state index in [0.717, 1.165) is 12.8 Å². The smallest absolute Gasteiger partial charge is 0.144 e. The molecule has 1 aromatic carbocycles. The minimum atomic E-state index is -0.978. The maximum atomic E-state index is 10.5. The largest absolute Gasteiger partial charge is 0.507 e. The van der Waals surface area contributed by atoms with Crippen molar-refractivity contribution in [2.75, 3.05) is 0 Å². The molecule has 3 nitrogen and oxygen atoms in total. The highest BCUT2D eigenvalue weighted by atomic mass is 35.5. The van der Waals surface area contributed by atoms with Crippen molar-refractivity contribution in [3.63, 3.8) is 0 Å². The molecule has 0 aliphatic carbocycles. The molecule has 0 amide bonds. The van der Waals surface area contributed by atoms with Crippen LogP contribution in [0.3, 0.4) is 0 Å². The highest BCUT2D eigenvalue weighted by Gasteiger charge is 2.25. The molecule has 0 aliphatic heterocycles. The van der Waals surface area contributed by atoms with Gasteiger partial charge >= 0.3 is 0 Å². The third-order valence-electron chi connectivity index (χ3n) is 4.08. The summed E-state index contributed by atoms with van der Waals surface area (Å²) in [5.74, 6) is -0.161. The lowest BCUT2D eigenvalue weighted by Crippen LogP contribution is -2.06. The third-order valence-corrected chi connectivity index (χ3v) is 4.54. The van der Waals surface area contributed by atoms with Gasteiger partial charge in [0, 0.05) is 5.56 Å². The number of phenols is 2. The summed E-state index contributed by atoms with van der Waals surface area (Å²) in [4.78, 5) is 0. The van der Waals surface area contributed by atoms with Gasteiger partial charge in [-0.25, -0.2) is 0 Å². The number of aromatic hydroxyl groups is 2. The van der Waals surface area contributed by atoms with Crippen LogP contribution in [0.2, 0.25) is 5.02 Å². The molecule has 0 bridgehead atoms. The number of hydrogen-bond acceptors (Lipinski definition) is 3. The fraction of sp³-hybridized carbons (Fsp3) is 0.474. The Labute approximate surface area is 143 Å². The topological polar surface area (TPSA) is 60.7 Å². The van der Waals surface area contributed by atoms with Crippen LogP contribution >= 0.6 is 11.6 Å². The summed E-state index contributed by atoms with van der Waals surface area (Å²) < 4.78 is 0. The van der Waals surface area contributed by atoms with E-state index in [0.29, 0.717) is 17.5 Å². The molecule has 2 unspecified atom stereocenters. The Kier molecular flexibility index (Phi) is 7.17. The molecule has 2 atom stereocenters. The number of benzene rings is 1. The van der Waals surface area contributed by atoms with Crippen molar-refractivity contribution in [2.45, 2.75) is 53.1 Å². The Hall–Kier alpha value is -1.45. The fourth-order valence-electron chi connectivity index (χ4n) is 2.69. The van der Waals surface area contributed by atoms with E-state index in [1.165, 1.54) is 11.6 Å². The SMILES string of the molecule is C=Cc1c(C)c(Cl)c(O)c(C(O)CC(C)CCC=C(C)C)c1O. The molecule has 0 radical (unpaired) electrons. The molecule has 128 valence electrons.